The van der Waals surface area contributed by atoms with Crippen LogP contribution in [-0.4, -0.2) is 17.3 Å². The van der Waals surface area contributed by atoms with Crippen molar-refractivity contribution in [1.82, 2.24) is 0 Å². The van der Waals surface area contributed by atoms with Gasteiger partial charge in [-0.1, -0.05) is 67.5 Å². The Bertz CT molecular complexity index is 519. The summed E-state index contributed by atoms with van der Waals surface area (Å²) < 4.78 is 6.73. The molecule has 0 aliphatic carbocycles. The molecule has 0 aliphatic rings. The van der Waals surface area contributed by atoms with Crippen molar-refractivity contribution in [2.24, 2.45) is 0 Å². The van der Waals surface area contributed by atoms with Crippen LogP contribution in [0, 0.1) is 0 Å². The maximum absolute atomic E-state index is 9.23. The molecule has 0 aromatic heterocycles. The van der Waals surface area contributed by atoms with Crippen LogP contribution in [-0.2, 0) is 17.3 Å². The lowest BCUT2D eigenvalue weighted by Crippen LogP contribution is -2.33. The minimum Gasteiger partial charge on any atom is -0.487 e. The predicted octanol–water partition coefficient (Wildman–Crippen LogP) is 6.16. The van der Waals surface area contributed by atoms with Crippen molar-refractivity contribution in [2.75, 3.05) is 6.61 Å². The summed E-state index contributed by atoms with van der Waals surface area (Å²) in [5.41, 5.74) is 3.72. The van der Waals surface area contributed by atoms with Crippen LogP contribution in [0.25, 0.3) is 0 Å². The second kappa shape index (κ2) is 8.12. The molecule has 0 amide bonds. The monoisotopic (exact) mass is 348 g/mol. The molecule has 0 spiro atoms. The molecule has 0 unspecified atom stereocenters. The number of ether oxygens (including phenoxy) is 1. The van der Waals surface area contributed by atoms with Gasteiger partial charge >= 0.3 is 0 Å². The van der Waals surface area contributed by atoms with E-state index in [1.165, 1.54) is 16.7 Å². The number of aliphatic hydroxyl groups excluding tert-OH is 1. The average Bonchev–Trinajstić information content (AvgIpc) is 2.51. The molecule has 1 aromatic rings. The van der Waals surface area contributed by atoms with E-state index in [0.29, 0.717) is 0 Å². The third-order valence-electron chi connectivity index (χ3n) is 5.23. The lowest BCUT2D eigenvalue weighted by Gasteiger charge is -2.36. The van der Waals surface area contributed by atoms with Crippen LogP contribution in [0.3, 0.4) is 0 Å². The fourth-order valence-electron chi connectivity index (χ4n) is 2.98. The van der Waals surface area contributed by atoms with E-state index in [1.807, 2.05) is 0 Å². The Balaban J connectivity index is 3.63. The molecule has 0 heterocycles. The molecule has 0 radical (unpaired) electrons. The summed E-state index contributed by atoms with van der Waals surface area (Å²) in [6.45, 7) is 20.4. The van der Waals surface area contributed by atoms with Gasteiger partial charge in [0.25, 0.3) is 0 Å². The van der Waals surface area contributed by atoms with Gasteiger partial charge < -0.3 is 9.84 Å². The highest BCUT2D eigenvalue weighted by Gasteiger charge is 2.32. The van der Waals surface area contributed by atoms with E-state index in [0.717, 1.165) is 31.4 Å². The Labute approximate surface area is 156 Å². The van der Waals surface area contributed by atoms with E-state index < -0.39 is 0 Å². The summed E-state index contributed by atoms with van der Waals surface area (Å²) in [6, 6.07) is 4.60. The number of hydrogen-bond donors (Lipinski definition) is 1. The quantitative estimate of drug-likeness (QED) is 0.639. The number of hydrogen-bond acceptors (Lipinski definition) is 2. The van der Waals surface area contributed by atoms with Crippen LogP contribution in [0.1, 0.15) is 98.3 Å². The molecule has 1 aromatic carbocycles. The maximum Gasteiger partial charge on any atom is 0.127 e. The summed E-state index contributed by atoms with van der Waals surface area (Å²) in [5.74, 6) is 1.07. The Kier molecular flexibility index (Phi) is 7.15. The first kappa shape index (κ1) is 22.0. The topological polar surface area (TPSA) is 29.5 Å². The third kappa shape index (κ3) is 5.74. The lowest BCUT2D eigenvalue weighted by atomic mass is 9.77. The van der Waals surface area contributed by atoms with Crippen molar-refractivity contribution in [2.45, 2.75) is 104 Å². The zero-order valence-electron chi connectivity index (χ0n) is 18.0. The van der Waals surface area contributed by atoms with Crippen LogP contribution < -0.4 is 4.74 Å². The summed E-state index contributed by atoms with van der Waals surface area (Å²) in [7, 11) is 0. The van der Waals surface area contributed by atoms with Gasteiger partial charge in [0, 0.05) is 17.7 Å². The smallest absolute Gasteiger partial charge is 0.127 e. The van der Waals surface area contributed by atoms with Crippen LogP contribution >= 0.6 is 0 Å². The van der Waals surface area contributed by atoms with Gasteiger partial charge in [0.1, 0.15) is 11.4 Å². The maximum atomic E-state index is 9.23. The van der Waals surface area contributed by atoms with E-state index in [-0.39, 0.29) is 23.0 Å². The highest BCUT2D eigenvalue weighted by Crippen LogP contribution is 2.43. The highest BCUT2D eigenvalue weighted by molar-refractivity contribution is 5.51. The first-order valence-electron chi connectivity index (χ1n) is 9.85. The molecular weight excluding hydrogens is 308 g/mol. The van der Waals surface area contributed by atoms with Crippen molar-refractivity contribution in [3.05, 3.63) is 28.8 Å². The predicted molar refractivity (Wildman–Crippen MR) is 109 cm³/mol. The van der Waals surface area contributed by atoms with Crippen LogP contribution in [0.5, 0.6) is 5.75 Å². The molecule has 0 saturated carbocycles. The SMILES string of the molecule is CCC(C)(CC)Oc1c(C(C)(C)C)cc(CCCO)cc1C(C)(C)C. The summed E-state index contributed by atoms with van der Waals surface area (Å²) in [4.78, 5) is 0. The number of aryl methyl sites for hydroxylation is 1. The van der Waals surface area contributed by atoms with Gasteiger partial charge in [-0.3, -0.25) is 0 Å². The van der Waals surface area contributed by atoms with Crippen LogP contribution in [0.15, 0.2) is 12.1 Å². The largest absolute Gasteiger partial charge is 0.487 e. The Hall–Kier alpha value is -1.02. The van der Waals surface area contributed by atoms with Gasteiger partial charge in [0.2, 0.25) is 0 Å². The molecule has 0 fully saturated rings. The number of benzene rings is 1. The van der Waals surface area contributed by atoms with Crippen molar-refractivity contribution < 1.29 is 9.84 Å². The molecule has 0 aliphatic heterocycles. The average molecular weight is 349 g/mol. The van der Waals surface area contributed by atoms with Gasteiger partial charge in [0.05, 0.1) is 0 Å². The normalized spacial score (nSPS) is 13.2. The molecule has 144 valence electrons. The lowest BCUT2D eigenvalue weighted by molar-refractivity contribution is 0.0755. The minimum absolute atomic E-state index is 0.00690. The van der Waals surface area contributed by atoms with Crippen molar-refractivity contribution in [1.29, 1.82) is 0 Å². The first-order valence-corrected chi connectivity index (χ1v) is 9.85. The fraction of sp³-hybridized carbons (Fsp3) is 0.739. The molecule has 0 atom stereocenters. The molecule has 1 N–H and O–H groups in total. The molecule has 25 heavy (non-hydrogen) atoms. The second-order valence-corrected chi connectivity index (χ2v) is 9.61. The Morgan fingerprint density at radius 3 is 1.60 bits per heavy atom. The van der Waals surface area contributed by atoms with Crippen molar-refractivity contribution >= 4 is 0 Å². The molecule has 2 heteroatoms. The molecule has 0 bridgehead atoms. The molecule has 2 nitrogen and oxygen atoms in total. The van der Waals surface area contributed by atoms with E-state index in [4.69, 9.17) is 4.74 Å². The zero-order chi connectivity index (χ0) is 19.5. The first-order chi connectivity index (χ1) is 11.4. The van der Waals surface area contributed by atoms with E-state index >= 15 is 0 Å². The van der Waals surface area contributed by atoms with Crippen molar-refractivity contribution in [3.8, 4) is 5.75 Å². The standard InChI is InChI=1S/C23H40O2/c1-10-23(9,11-2)25-20-18(21(3,4)5)15-17(13-12-14-24)16-19(20)22(6,7)8/h15-16,24H,10-14H2,1-9H3. The van der Waals surface area contributed by atoms with Gasteiger partial charge in [-0.25, -0.2) is 0 Å². The van der Waals surface area contributed by atoms with E-state index in [1.54, 1.807) is 0 Å². The second-order valence-electron chi connectivity index (χ2n) is 9.61. The molecular formula is C23H40O2. The summed E-state index contributed by atoms with van der Waals surface area (Å²) in [6.07, 6.45) is 3.68. The Morgan fingerprint density at radius 1 is 0.840 bits per heavy atom. The zero-order valence-corrected chi connectivity index (χ0v) is 18.0. The van der Waals surface area contributed by atoms with Gasteiger partial charge in [-0.2, -0.15) is 0 Å². The Morgan fingerprint density at radius 2 is 1.28 bits per heavy atom. The molecule has 0 saturated heterocycles. The van der Waals surface area contributed by atoms with E-state index in [2.05, 4.69) is 74.4 Å². The third-order valence-corrected chi connectivity index (χ3v) is 5.23. The number of aliphatic hydroxyl groups is 1. The van der Waals surface area contributed by atoms with Gasteiger partial charge in [-0.05, 0) is 49.0 Å². The minimum atomic E-state index is -0.146. The van der Waals surface area contributed by atoms with E-state index in [9.17, 15) is 5.11 Å². The van der Waals surface area contributed by atoms with Crippen LogP contribution in [0.2, 0.25) is 0 Å². The van der Waals surface area contributed by atoms with Gasteiger partial charge in [-0.15, -0.1) is 0 Å². The molecule has 1 rings (SSSR count). The van der Waals surface area contributed by atoms with Crippen molar-refractivity contribution in [3.63, 3.8) is 0 Å². The van der Waals surface area contributed by atoms with Gasteiger partial charge in [0.15, 0.2) is 0 Å². The number of rotatable bonds is 7. The summed E-state index contributed by atoms with van der Waals surface area (Å²) >= 11 is 0. The summed E-state index contributed by atoms with van der Waals surface area (Å²) in [5, 5.41) is 9.23. The fourth-order valence-corrected chi connectivity index (χ4v) is 2.98. The highest BCUT2D eigenvalue weighted by atomic mass is 16.5. The van der Waals surface area contributed by atoms with Crippen LogP contribution in [0.4, 0.5) is 0 Å².